The Kier molecular flexibility index (Phi) is 5.27. The zero-order valence-corrected chi connectivity index (χ0v) is 21.8. The van der Waals surface area contributed by atoms with Crippen molar-refractivity contribution in [1.29, 1.82) is 0 Å². The van der Waals surface area contributed by atoms with Gasteiger partial charge in [-0.25, -0.2) is 0 Å². The van der Waals surface area contributed by atoms with Gasteiger partial charge in [0.25, 0.3) is 0 Å². The van der Waals surface area contributed by atoms with Gasteiger partial charge in [0, 0.05) is 0 Å². The maximum absolute atomic E-state index is 4.13. The second-order valence-corrected chi connectivity index (χ2v) is 14.8. The Hall–Kier alpha value is -3.42. The van der Waals surface area contributed by atoms with Gasteiger partial charge in [-0.1, -0.05) is 109 Å². The Morgan fingerprint density at radius 3 is 1.49 bits per heavy atom. The Balaban J connectivity index is 1.59. The van der Waals surface area contributed by atoms with Crippen LogP contribution in [0.2, 0.25) is 13.1 Å². The van der Waals surface area contributed by atoms with Crippen LogP contribution >= 0.6 is 0 Å². The van der Waals surface area contributed by atoms with E-state index < -0.39 is 8.07 Å². The van der Waals surface area contributed by atoms with Crippen LogP contribution in [0, 0.1) is 0 Å². The summed E-state index contributed by atoms with van der Waals surface area (Å²) in [5.74, 6) is 0. The highest BCUT2D eigenvalue weighted by Gasteiger charge is 2.42. The van der Waals surface area contributed by atoms with Crippen molar-refractivity contribution in [3.8, 4) is 0 Å². The van der Waals surface area contributed by atoms with Gasteiger partial charge >= 0.3 is 0 Å². The lowest BCUT2D eigenvalue weighted by Crippen LogP contribution is -2.31. The van der Waals surface area contributed by atoms with E-state index in [1.807, 2.05) is 0 Å². The van der Waals surface area contributed by atoms with Gasteiger partial charge in [-0.3, -0.25) is 0 Å². The molecule has 2 aliphatic rings. The maximum Gasteiger partial charge on any atom is 0.113 e. The third-order valence-electron chi connectivity index (χ3n) is 8.14. The Morgan fingerprint density at radius 1 is 0.629 bits per heavy atom. The first-order chi connectivity index (χ1) is 17.0. The van der Waals surface area contributed by atoms with E-state index in [9.17, 15) is 0 Å². The molecule has 0 unspecified atom stereocenters. The summed E-state index contributed by atoms with van der Waals surface area (Å²) in [5.41, 5.74) is 9.13. The lowest BCUT2D eigenvalue weighted by atomic mass is 9.99. The lowest BCUT2D eigenvalue weighted by molar-refractivity contribution is 1.12. The molecule has 4 aromatic carbocycles. The maximum atomic E-state index is 4.13. The van der Waals surface area contributed by atoms with Gasteiger partial charge in [-0.05, 0) is 79.9 Å². The van der Waals surface area contributed by atoms with Crippen molar-refractivity contribution < 1.29 is 0 Å². The number of allylic oxidation sites excluding steroid dienone is 4. The smallest absolute Gasteiger partial charge is 0.103 e. The van der Waals surface area contributed by atoms with E-state index in [0.29, 0.717) is 0 Å². The molecule has 4 aromatic rings. The van der Waals surface area contributed by atoms with Crippen LogP contribution in [0.1, 0.15) is 35.1 Å². The molecule has 0 atom stereocenters. The van der Waals surface area contributed by atoms with Crippen molar-refractivity contribution >= 4 is 40.0 Å². The molecule has 172 valence electrons. The van der Waals surface area contributed by atoms with Crippen molar-refractivity contribution in [3.05, 3.63) is 132 Å². The molecule has 1 heteroatoms. The van der Waals surface area contributed by atoms with Gasteiger partial charge in [0.1, 0.15) is 8.07 Å². The summed E-state index contributed by atoms with van der Waals surface area (Å²) < 4.78 is 0. The Bertz CT molecular complexity index is 1470. The van der Waals surface area contributed by atoms with Crippen LogP contribution in [0.5, 0.6) is 0 Å². The molecule has 0 spiro atoms. The molecule has 0 saturated carbocycles. The number of hydrogen-bond acceptors (Lipinski definition) is 0. The van der Waals surface area contributed by atoms with Crippen LogP contribution in [0.3, 0.4) is 0 Å². The topological polar surface area (TPSA) is 0 Å². The minimum atomic E-state index is -2.05. The first-order valence-corrected chi connectivity index (χ1v) is 15.7. The molecule has 0 aromatic heterocycles. The first kappa shape index (κ1) is 22.1. The molecule has 0 nitrogen and oxygen atoms in total. The third-order valence-corrected chi connectivity index (χ3v) is 11.9. The molecule has 6 rings (SSSR count). The fraction of sp³-hybridized carbons (Fsp3) is 0.176. The summed E-state index contributed by atoms with van der Waals surface area (Å²) in [7, 11) is -2.05. The van der Waals surface area contributed by atoms with Gasteiger partial charge in [0.2, 0.25) is 0 Å². The minimum Gasteiger partial charge on any atom is -0.103 e. The summed E-state index contributed by atoms with van der Waals surface area (Å²) in [6.45, 7) is 13.4. The van der Waals surface area contributed by atoms with Crippen molar-refractivity contribution in [1.82, 2.24) is 0 Å². The fourth-order valence-corrected chi connectivity index (χ4v) is 11.1. The highest BCUT2D eigenvalue weighted by Crippen LogP contribution is 2.51. The first-order valence-electron chi connectivity index (χ1n) is 12.7. The van der Waals surface area contributed by atoms with Crippen molar-refractivity contribution in [2.24, 2.45) is 0 Å². The summed E-state index contributed by atoms with van der Waals surface area (Å²) in [6.07, 6.45) is 8.21. The second kappa shape index (κ2) is 8.36. The van der Waals surface area contributed by atoms with Gasteiger partial charge < -0.3 is 0 Å². The molecule has 0 N–H and O–H groups in total. The molecule has 0 amide bonds. The summed E-state index contributed by atoms with van der Waals surface area (Å²) >= 11 is 0. The van der Waals surface area contributed by atoms with Gasteiger partial charge in [0.05, 0.1) is 0 Å². The lowest BCUT2D eigenvalue weighted by Gasteiger charge is -2.31. The fourth-order valence-electron chi connectivity index (χ4n) is 6.88. The molecule has 2 aliphatic carbocycles. The number of hydrogen-bond donors (Lipinski definition) is 0. The molecule has 0 heterocycles. The number of fused-ring (bicyclic) bond motifs is 6. The predicted molar refractivity (Wildman–Crippen MR) is 156 cm³/mol. The summed E-state index contributed by atoms with van der Waals surface area (Å²) in [4.78, 5) is 0. The zero-order chi connectivity index (χ0) is 24.2. The van der Waals surface area contributed by atoms with Gasteiger partial charge in [-0.2, -0.15) is 0 Å². The van der Waals surface area contributed by atoms with E-state index in [4.69, 9.17) is 0 Å². The monoisotopic (exact) mass is 468 g/mol. The standard InChI is InChI=1S/C34H32Si/c1-5-11-25-21-31-27-15-9-7-13-23(27)17-19-29(31)33(25)35(3,4)34-26(12-6-2)22-32-28-16-10-8-14-24(28)18-20-30(32)34/h5-10,13-20H,1-2,11-12,21-22H2,3-4H3. The summed E-state index contributed by atoms with van der Waals surface area (Å²) in [6, 6.07) is 27.2. The van der Waals surface area contributed by atoms with E-state index in [2.05, 4.69) is 111 Å². The molecule has 0 aliphatic heterocycles. The quantitative estimate of drug-likeness (QED) is 0.195. The minimum absolute atomic E-state index is 0.962. The number of benzene rings is 4. The predicted octanol–water partition coefficient (Wildman–Crippen LogP) is 9.25. The average molecular weight is 469 g/mol. The van der Waals surface area contributed by atoms with Crippen molar-refractivity contribution in [2.75, 3.05) is 0 Å². The molecule has 0 bridgehead atoms. The normalized spacial score (nSPS) is 15.1. The zero-order valence-electron chi connectivity index (χ0n) is 20.8. The highest BCUT2D eigenvalue weighted by molar-refractivity contribution is 7.09. The molecule has 0 fully saturated rings. The largest absolute Gasteiger partial charge is 0.113 e. The van der Waals surface area contributed by atoms with Crippen LogP contribution < -0.4 is 0 Å². The van der Waals surface area contributed by atoms with E-state index in [0.717, 1.165) is 25.7 Å². The second-order valence-electron chi connectivity index (χ2n) is 10.5. The molecular weight excluding hydrogens is 436 g/mol. The Labute approximate surface area is 210 Å². The van der Waals surface area contributed by atoms with Crippen LogP contribution in [0.4, 0.5) is 0 Å². The SMILES string of the molecule is C=CCC1=C([Si](C)(C)C2=C(CC=C)Cc3c2ccc2ccccc32)c2ccc3ccccc3c2C1. The summed E-state index contributed by atoms with van der Waals surface area (Å²) in [5, 5.41) is 8.77. The van der Waals surface area contributed by atoms with E-state index in [1.165, 1.54) is 43.8 Å². The van der Waals surface area contributed by atoms with Gasteiger partial charge in [-0.15, -0.1) is 13.2 Å². The van der Waals surface area contributed by atoms with Crippen molar-refractivity contribution in [2.45, 2.75) is 38.8 Å². The van der Waals surface area contributed by atoms with Crippen LogP contribution in [0.25, 0.3) is 31.9 Å². The third kappa shape index (κ3) is 3.33. The van der Waals surface area contributed by atoms with Crippen molar-refractivity contribution in [3.63, 3.8) is 0 Å². The van der Waals surface area contributed by atoms with E-state index >= 15 is 0 Å². The molecule has 0 radical (unpaired) electrons. The van der Waals surface area contributed by atoms with Crippen LogP contribution in [-0.2, 0) is 12.8 Å². The Morgan fingerprint density at radius 2 is 1.06 bits per heavy atom. The van der Waals surface area contributed by atoms with Crippen LogP contribution in [-0.4, -0.2) is 8.07 Å². The average Bonchev–Trinajstić information content (AvgIpc) is 3.44. The van der Waals surface area contributed by atoms with E-state index in [1.54, 1.807) is 21.5 Å². The van der Waals surface area contributed by atoms with Crippen LogP contribution in [0.15, 0.2) is 109 Å². The number of rotatable bonds is 6. The van der Waals surface area contributed by atoms with E-state index in [-0.39, 0.29) is 0 Å². The molecular formula is C34H32Si. The molecule has 35 heavy (non-hydrogen) atoms. The van der Waals surface area contributed by atoms with Gasteiger partial charge in [0.15, 0.2) is 0 Å². The highest BCUT2D eigenvalue weighted by atomic mass is 28.3. The molecule has 0 saturated heterocycles.